The number of aromatic nitrogens is 2. The topological polar surface area (TPSA) is 64.0 Å². The highest BCUT2D eigenvalue weighted by atomic mass is 19.4. The molecule has 3 rings (SSSR count). The van der Waals surface area contributed by atoms with Gasteiger partial charge in [0.15, 0.2) is 0 Å². The molecule has 0 saturated heterocycles. The summed E-state index contributed by atoms with van der Waals surface area (Å²) in [5.41, 5.74) is 0.354. The predicted octanol–water partition coefficient (Wildman–Crippen LogP) is 3.49. The second kappa shape index (κ2) is 8.08. The number of benzene rings is 2. The summed E-state index contributed by atoms with van der Waals surface area (Å²) in [6.45, 7) is 0.282. The summed E-state index contributed by atoms with van der Waals surface area (Å²) in [4.78, 5) is 27.6. The second-order valence-electron chi connectivity index (χ2n) is 6.15. The Morgan fingerprint density at radius 1 is 1.04 bits per heavy atom. The molecule has 1 heterocycles. The number of carbonyl (C=O) groups excluding carboxylic acids is 1. The lowest BCUT2D eigenvalue weighted by Gasteiger charge is -2.10. The zero-order chi connectivity index (χ0) is 20.1. The van der Waals surface area contributed by atoms with E-state index in [0.717, 1.165) is 17.7 Å². The first kappa shape index (κ1) is 19.3. The van der Waals surface area contributed by atoms with E-state index in [1.54, 1.807) is 36.5 Å². The molecule has 0 radical (unpaired) electrons. The molecule has 8 heteroatoms. The van der Waals surface area contributed by atoms with E-state index in [1.807, 2.05) is 0 Å². The van der Waals surface area contributed by atoms with Gasteiger partial charge >= 0.3 is 11.9 Å². The van der Waals surface area contributed by atoms with E-state index in [0.29, 0.717) is 5.69 Å². The summed E-state index contributed by atoms with van der Waals surface area (Å²) in [5.74, 6) is -0.435. The van der Waals surface area contributed by atoms with Crippen LogP contribution in [-0.4, -0.2) is 15.5 Å². The van der Waals surface area contributed by atoms with Crippen LogP contribution in [0.1, 0.15) is 16.7 Å². The molecule has 0 bridgehead atoms. The molecule has 0 aliphatic rings. The van der Waals surface area contributed by atoms with Crippen LogP contribution in [-0.2, 0) is 23.9 Å². The molecule has 28 heavy (non-hydrogen) atoms. The van der Waals surface area contributed by atoms with Gasteiger partial charge in [-0.15, -0.1) is 0 Å². The van der Waals surface area contributed by atoms with Crippen LogP contribution in [0.15, 0.2) is 71.8 Å². The molecule has 1 amide bonds. The van der Waals surface area contributed by atoms with E-state index in [-0.39, 0.29) is 24.2 Å². The number of amides is 1. The van der Waals surface area contributed by atoms with Gasteiger partial charge in [-0.1, -0.05) is 30.3 Å². The third kappa shape index (κ3) is 5.06. The Kier molecular flexibility index (Phi) is 5.58. The molecule has 5 nitrogen and oxygen atoms in total. The Morgan fingerprint density at radius 2 is 1.79 bits per heavy atom. The van der Waals surface area contributed by atoms with Crippen LogP contribution in [0.2, 0.25) is 0 Å². The number of hydrogen-bond donors (Lipinski definition) is 1. The lowest BCUT2D eigenvalue weighted by atomic mass is 10.1. The van der Waals surface area contributed by atoms with Crippen molar-refractivity contribution in [2.45, 2.75) is 19.1 Å². The Bertz CT molecular complexity index is 1040. The number of hydrogen-bond acceptors (Lipinski definition) is 3. The first-order valence-corrected chi connectivity index (χ1v) is 8.38. The minimum atomic E-state index is -4.45. The first-order valence-electron chi connectivity index (χ1n) is 8.38. The minimum absolute atomic E-state index is 0.184. The average Bonchev–Trinajstić information content (AvgIpc) is 2.63. The normalized spacial score (nSPS) is 11.2. The van der Waals surface area contributed by atoms with Crippen molar-refractivity contribution in [3.05, 3.63) is 94.2 Å². The number of carbonyl (C=O) groups is 1. The average molecular weight is 387 g/mol. The van der Waals surface area contributed by atoms with E-state index >= 15 is 0 Å². The van der Waals surface area contributed by atoms with Gasteiger partial charge in [0.25, 0.3) is 0 Å². The van der Waals surface area contributed by atoms with Gasteiger partial charge in [-0.3, -0.25) is 9.36 Å². The van der Waals surface area contributed by atoms with Gasteiger partial charge < -0.3 is 5.32 Å². The van der Waals surface area contributed by atoms with Crippen molar-refractivity contribution < 1.29 is 18.0 Å². The number of anilines is 1. The summed E-state index contributed by atoms with van der Waals surface area (Å²) >= 11 is 0. The smallest absolute Gasteiger partial charge is 0.326 e. The Hall–Kier alpha value is -3.42. The van der Waals surface area contributed by atoms with Gasteiger partial charge in [0, 0.05) is 18.1 Å². The molecule has 0 aliphatic heterocycles. The molecule has 3 aromatic rings. The summed E-state index contributed by atoms with van der Waals surface area (Å²) < 4.78 is 39.7. The Morgan fingerprint density at radius 3 is 2.54 bits per heavy atom. The van der Waals surface area contributed by atoms with E-state index in [4.69, 9.17) is 0 Å². The highest BCUT2D eigenvalue weighted by molar-refractivity contribution is 5.92. The standard InChI is InChI=1S/C20H16F3N3O2/c21-20(22,23)16-6-1-4-14(10-16)12-18(27)25-17-7-2-5-15(11-17)13-26-9-3-8-24-19(26)28/h1-11H,12-13H2,(H,25,27). The fourth-order valence-corrected chi connectivity index (χ4v) is 2.70. The van der Waals surface area contributed by atoms with Crippen molar-refractivity contribution in [2.75, 3.05) is 5.32 Å². The van der Waals surface area contributed by atoms with E-state index < -0.39 is 17.6 Å². The number of alkyl halides is 3. The minimum Gasteiger partial charge on any atom is -0.326 e. The van der Waals surface area contributed by atoms with Crippen molar-refractivity contribution in [3.63, 3.8) is 0 Å². The zero-order valence-corrected chi connectivity index (χ0v) is 14.6. The molecule has 0 atom stereocenters. The molecular weight excluding hydrogens is 371 g/mol. The van der Waals surface area contributed by atoms with Gasteiger partial charge in [0.2, 0.25) is 5.91 Å². The summed E-state index contributed by atoms with van der Waals surface area (Å²) in [7, 11) is 0. The molecule has 0 unspecified atom stereocenters. The van der Waals surface area contributed by atoms with Crippen molar-refractivity contribution in [1.82, 2.24) is 9.55 Å². The summed E-state index contributed by atoms with van der Waals surface area (Å²) in [6, 6.07) is 13.2. The largest absolute Gasteiger partial charge is 0.416 e. The van der Waals surface area contributed by atoms with Crippen LogP contribution in [0, 0.1) is 0 Å². The van der Waals surface area contributed by atoms with Gasteiger partial charge in [0.1, 0.15) is 0 Å². The van der Waals surface area contributed by atoms with E-state index in [1.165, 1.54) is 22.9 Å². The first-order chi connectivity index (χ1) is 13.3. The number of nitrogens with one attached hydrogen (secondary N) is 1. The highest BCUT2D eigenvalue weighted by Crippen LogP contribution is 2.29. The lowest BCUT2D eigenvalue weighted by molar-refractivity contribution is -0.137. The highest BCUT2D eigenvalue weighted by Gasteiger charge is 2.30. The molecule has 2 aromatic carbocycles. The Labute approximate surface area is 158 Å². The van der Waals surface area contributed by atoms with Crippen molar-refractivity contribution in [1.29, 1.82) is 0 Å². The van der Waals surface area contributed by atoms with Gasteiger partial charge in [-0.25, -0.2) is 9.78 Å². The number of rotatable bonds is 5. The fraction of sp³-hybridized carbons (Fsp3) is 0.150. The second-order valence-corrected chi connectivity index (χ2v) is 6.15. The maximum atomic E-state index is 12.8. The van der Waals surface area contributed by atoms with Gasteiger partial charge in [-0.05, 0) is 35.4 Å². The third-order valence-corrected chi connectivity index (χ3v) is 3.97. The number of halogens is 3. The van der Waals surface area contributed by atoms with Crippen LogP contribution < -0.4 is 11.0 Å². The van der Waals surface area contributed by atoms with Crippen LogP contribution in [0.4, 0.5) is 18.9 Å². The van der Waals surface area contributed by atoms with Crippen LogP contribution in [0.5, 0.6) is 0 Å². The molecule has 0 saturated carbocycles. The van der Waals surface area contributed by atoms with Crippen molar-refractivity contribution >= 4 is 11.6 Å². The predicted molar refractivity (Wildman–Crippen MR) is 97.8 cm³/mol. The SMILES string of the molecule is O=C(Cc1cccc(C(F)(F)F)c1)Nc1cccc(Cn2cccnc2=O)c1. The van der Waals surface area contributed by atoms with Gasteiger partial charge in [0.05, 0.1) is 18.5 Å². The maximum absolute atomic E-state index is 12.8. The van der Waals surface area contributed by atoms with Crippen LogP contribution in [0.25, 0.3) is 0 Å². The quantitative estimate of drug-likeness (QED) is 0.729. The number of nitrogens with zero attached hydrogens (tertiary/aromatic N) is 2. The van der Waals surface area contributed by atoms with Gasteiger partial charge in [-0.2, -0.15) is 13.2 Å². The molecule has 1 N–H and O–H groups in total. The van der Waals surface area contributed by atoms with Crippen LogP contribution in [0.3, 0.4) is 0 Å². The third-order valence-electron chi connectivity index (χ3n) is 3.97. The summed E-state index contributed by atoms with van der Waals surface area (Å²) in [6.07, 6.45) is -1.63. The van der Waals surface area contributed by atoms with E-state index in [9.17, 15) is 22.8 Å². The molecule has 144 valence electrons. The molecule has 0 spiro atoms. The molecule has 0 aliphatic carbocycles. The molecular formula is C20H16F3N3O2. The maximum Gasteiger partial charge on any atom is 0.416 e. The van der Waals surface area contributed by atoms with E-state index in [2.05, 4.69) is 10.3 Å². The lowest BCUT2D eigenvalue weighted by Crippen LogP contribution is -2.22. The molecule has 1 aromatic heterocycles. The molecule has 0 fully saturated rings. The monoisotopic (exact) mass is 387 g/mol. The van der Waals surface area contributed by atoms with Crippen molar-refractivity contribution in [2.24, 2.45) is 0 Å². The summed E-state index contributed by atoms with van der Waals surface area (Å²) in [5, 5.41) is 2.67. The fourth-order valence-electron chi connectivity index (χ4n) is 2.70. The Balaban J connectivity index is 1.68. The zero-order valence-electron chi connectivity index (χ0n) is 14.6. The van der Waals surface area contributed by atoms with Crippen LogP contribution >= 0.6 is 0 Å². The van der Waals surface area contributed by atoms with Crippen molar-refractivity contribution in [3.8, 4) is 0 Å².